The minimum atomic E-state index is -0.0177. The summed E-state index contributed by atoms with van der Waals surface area (Å²) in [5.74, 6) is 2.20. The van der Waals surface area contributed by atoms with Crippen molar-refractivity contribution < 1.29 is 14.3 Å². The van der Waals surface area contributed by atoms with Crippen molar-refractivity contribution in [3.63, 3.8) is 0 Å². The molecule has 1 atom stereocenters. The predicted octanol–water partition coefficient (Wildman–Crippen LogP) is 2.32. The molecule has 0 bridgehead atoms. The Hall–Kier alpha value is -2.63. The molecule has 2 aromatic rings. The summed E-state index contributed by atoms with van der Waals surface area (Å²) in [6.45, 7) is 5.12. The highest BCUT2D eigenvalue weighted by molar-refractivity contribution is 5.79. The number of nitrogens with zero attached hydrogens (tertiary/aromatic N) is 3. The van der Waals surface area contributed by atoms with Crippen molar-refractivity contribution in [2.45, 2.75) is 32.8 Å². The molecule has 1 amide bonds. The van der Waals surface area contributed by atoms with E-state index in [-0.39, 0.29) is 12.0 Å². The molecule has 3 rings (SSSR count). The number of aryl methyl sites for hydroxylation is 2. The van der Waals surface area contributed by atoms with Crippen LogP contribution in [0, 0.1) is 13.8 Å². The van der Waals surface area contributed by atoms with Gasteiger partial charge in [-0.15, -0.1) is 0 Å². The highest BCUT2D eigenvalue weighted by Crippen LogP contribution is 2.21. The number of rotatable bonds is 5. The fraction of sp³-hybridized carbons (Fsp3) is 0.421. The number of likely N-dealkylation sites (tertiary alicyclic amines) is 1. The predicted molar refractivity (Wildman–Crippen MR) is 93.8 cm³/mol. The second-order valence-corrected chi connectivity index (χ2v) is 6.29. The van der Waals surface area contributed by atoms with E-state index in [0.717, 1.165) is 23.3 Å². The quantitative estimate of drug-likeness (QED) is 0.835. The molecule has 6 nitrogen and oxygen atoms in total. The summed E-state index contributed by atoms with van der Waals surface area (Å²) in [4.78, 5) is 22.7. The van der Waals surface area contributed by atoms with Crippen LogP contribution < -0.4 is 9.47 Å². The second kappa shape index (κ2) is 7.51. The van der Waals surface area contributed by atoms with Crippen LogP contribution >= 0.6 is 0 Å². The monoisotopic (exact) mass is 341 g/mol. The Kier molecular flexibility index (Phi) is 5.16. The molecule has 1 aromatic carbocycles. The van der Waals surface area contributed by atoms with Gasteiger partial charge in [-0.1, -0.05) is 12.1 Å². The van der Waals surface area contributed by atoms with Gasteiger partial charge < -0.3 is 14.4 Å². The molecule has 0 unspecified atom stereocenters. The van der Waals surface area contributed by atoms with E-state index in [0.29, 0.717) is 31.2 Å². The molecule has 0 N–H and O–H groups in total. The summed E-state index contributed by atoms with van der Waals surface area (Å²) in [6.07, 6.45) is 2.87. The lowest BCUT2D eigenvalue weighted by Gasteiger charge is -2.17. The van der Waals surface area contributed by atoms with Crippen LogP contribution in [-0.4, -0.2) is 47.1 Å². The molecule has 1 fully saturated rings. The van der Waals surface area contributed by atoms with E-state index in [2.05, 4.69) is 9.97 Å². The van der Waals surface area contributed by atoms with Crippen molar-refractivity contribution in [1.29, 1.82) is 0 Å². The summed E-state index contributed by atoms with van der Waals surface area (Å²) >= 11 is 0. The van der Waals surface area contributed by atoms with Crippen molar-refractivity contribution in [1.82, 2.24) is 14.9 Å². The number of aromatic nitrogens is 2. The first-order valence-corrected chi connectivity index (χ1v) is 8.43. The molecule has 1 aliphatic heterocycles. The number of benzene rings is 1. The molecule has 6 heteroatoms. The fourth-order valence-electron chi connectivity index (χ4n) is 3.06. The molecule has 2 heterocycles. The highest BCUT2D eigenvalue weighted by atomic mass is 16.5. The lowest BCUT2D eigenvalue weighted by Crippen LogP contribution is -2.32. The van der Waals surface area contributed by atoms with Gasteiger partial charge in [0.15, 0.2) is 0 Å². The van der Waals surface area contributed by atoms with Crippen LogP contribution in [0.15, 0.2) is 30.5 Å². The zero-order valence-electron chi connectivity index (χ0n) is 14.9. The zero-order chi connectivity index (χ0) is 17.8. The Labute approximate surface area is 147 Å². The Bertz CT molecular complexity index is 763. The molecule has 132 valence electrons. The molecular weight excluding hydrogens is 318 g/mol. The number of ether oxygens (including phenoxy) is 2. The fourth-order valence-corrected chi connectivity index (χ4v) is 3.06. The van der Waals surface area contributed by atoms with Crippen LogP contribution in [0.4, 0.5) is 0 Å². The van der Waals surface area contributed by atoms with Crippen molar-refractivity contribution in [3.8, 4) is 11.6 Å². The lowest BCUT2D eigenvalue weighted by atomic mass is 10.1. The maximum atomic E-state index is 12.5. The summed E-state index contributed by atoms with van der Waals surface area (Å²) in [5.41, 5.74) is 2.04. The van der Waals surface area contributed by atoms with E-state index in [1.807, 2.05) is 36.9 Å². The number of methoxy groups -OCH3 is 1. The number of carbonyl (C=O) groups is 1. The van der Waals surface area contributed by atoms with Gasteiger partial charge in [-0.3, -0.25) is 4.79 Å². The first-order chi connectivity index (χ1) is 12.0. The number of amides is 1. The minimum absolute atomic E-state index is 0.0177. The smallest absolute Gasteiger partial charge is 0.227 e. The van der Waals surface area contributed by atoms with Crippen molar-refractivity contribution >= 4 is 5.91 Å². The summed E-state index contributed by atoms with van der Waals surface area (Å²) in [5, 5.41) is 0. The third-order valence-electron chi connectivity index (χ3n) is 4.35. The van der Waals surface area contributed by atoms with Crippen LogP contribution in [0.25, 0.3) is 0 Å². The topological polar surface area (TPSA) is 64.5 Å². The maximum Gasteiger partial charge on any atom is 0.227 e. The average molecular weight is 341 g/mol. The van der Waals surface area contributed by atoms with E-state index in [1.54, 1.807) is 19.4 Å². The molecule has 25 heavy (non-hydrogen) atoms. The van der Waals surface area contributed by atoms with Gasteiger partial charge in [0.2, 0.25) is 11.8 Å². The van der Waals surface area contributed by atoms with Crippen LogP contribution in [0.5, 0.6) is 11.6 Å². The van der Waals surface area contributed by atoms with Gasteiger partial charge in [0.05, 0.1) is 20.1 Å². The Balaban J connectivity index is 1.56. The van der Waals surface area contributed by atoms with Crippen molar-refractivity contribution in [3.05, 3.63) is 47.4 Å². The lowest BCUT2D eigenvalue weighted by molar-refractivity contribution is -0.129. The van der Waals surface area contributed by atoms with E-state index in [4.69, 9.17) is 9.47 Å². The summed E-state index contributed by atoms with van der Waals surface area (Å²) in [6, 6.07) is 7.60. The maximum absolute atomic E-state index is 12.5. The largest absolute Gasteiger partial charge is 0.496 e. The third-order valence-corrected chi connectivity index (χ3v) is 4.35. The number of carbonyl (C=O) groups excluding carboxylic acids is 1. The van der Waals surface area contributed by atoms with Gasteiger partial charge >= 0.3 is 0 Å². The molecule has 0 radical (unpaired) electrons. The van der Waals surface area contributed by atoms with Gasteiger partial charge in [0.1, 0.15) is 17.7 Å². The Morgan fingerprint density at radius 1 is 1.32 bits per heavy atom. The van der Waals surface area contributed by atoms with E-state index in [9.17, 15) is 4.79 Å². The first-order valence-electron chi connectivity index (χ1n) is 8.43. The van der Waals surface area contributed by atoms with Gasteiger partial charge in [0, 0.05) is 25.2 Å². The van der Waals surface area contributed by atoms with Crippen LogP contribution in [0.1, 0.15) is 23.4 Å². The SMILES string of the molecule is COc1ccc(CC(=O)N2CC[C@@H](Oc3ccnc(C)n3)C2)cc1C. The normalized spacial score (nSPS) is 16.8. The van der Waals surface area contributed by atoms with Crippen LogP contribution in [0.3, 0.4) is 0 Å². The van der Waals surface area contributed by atoms with E-state index in [1.165, 1.54) is 0 Å². The molecule has 0 saturated carbocycles. The highest BCUT2D eigenvalue weighted by Gasteiger charge is 2.27. The zero-order valence-corrected chi connectivity index (χ0v) is 14.9. The van der Waals surface area contributed by atoms with Gasteiger partial charge in [-0.2, -0.15) is 4.98 Å². The molecule has 1 saturated heterocycles. The minimum Gasteiger partial charge on any atom is -0.496 e. The standard InChI is InChI=1S/C19H23N3O3/c1-13-10-15(4-5-17(13)24-3)11-19(23)22-9-7-16(12-22)25-18-6-8-20-14(2)21-18/h4-6,8,10,16H,7,9,11-12H2,1-3H3/t16-/m1/s1. The van der Waals surface area contributed by atoms with E-state index >= 15 is 0 Å². The third kappa shape index (κ3) is 4.26. The van der Waals surface area contributed by atoms with Crippen molar-refractivity contribution in [2.75, 3.05) is 20.2 Å². The molecule has 0 spiro atoms. The molecule has 0 aliphatic carbocycles. The first kappa shape index (κ1) is 17.2. The van der Waals surface area contributed by atoms with Crippen molar-refractivity contribution in [2.24, 2.45) is 0 Å². The molecule has 1 aromatic heterocycles. The average Bonchev–Trinajstić information content (AvgIpc) is 3.04. The molecular formula is C19H23N3O3. The van der Waals surface area contributed by atoms with E-state index < -0.39 is 0 Å². The molecule has 1 aliphatic rings. The number of hydrogen-bond acceptors (Lipinski definition) is 5. The number of hydrogen-bond donors (Lipinski definition) is 0. The van der Waals surface area contributed by atoms with Gasteiger partial charge in [-0.05, 0) is 31.0 Å². The van der Waals surface area contributed by atoms with Crippen LogP contribution in [-0.2, 0) is 11.2 Å². The van der Waals surface area contributed by atoms with Gasteiger partial charge in [0.25, 0.3) is 0 Å². The van der Waals surface area contributed by atoms with Gasteiger partial charge in [-0.25, -0.2) is 4.98 Å². The van der Waals surface area contributed by atoms with Crippen LogP contribution in [0.2, 0.25) is 0 Å². The Morgan fingerprint density at radius 2 is 2.16 bits per heavy atom. The summed E-state index contributed by atoms with van der Waals surface area (Å²) in [7, 11) is 1.65. The Morgan fingerprint density at radius 3 is 2.88 bits per heavy atom. The summed E-state index contributed by atoms with van der Waals surface area (Å²) < 4.78 is 11.1. The second-order valence-electron chi connectivity index (χ2n) is 6.29.